The zero-order chi connectivity index (χ0) is 18.9. The number of rotatable bonds is 5. The van der Waals surface area contributed by atoms with Crippen LogP contribution in [0.15, 0.2) is 48.5 Å². The Kier molecular flexibility index (Phi) is 4.63. The fraction of sp³-hybridized carbons (Fsp3) is 0.348. The molecule has 5 rings (SSSR count). The first kappa shape index (κ1) is 17.5. The van der Waals surface area contributed by atoms with Crippen molar-refractivity contribution in [1.29, 1.82) is 0 Å². The standard InChI is InChI=1S/C23H26N4O/c1-16(27-10-12-28-13-11-27)15-24-19-8-6-17(7-9-19)22-21-14-18-4-2-3-5-20(18)23(21)26-25-22/h2-9,16,24H,10-15H2,1H3,(H,25,26). The number of anilines is 1. The zero-order valence-corrected chi connectivity index (χ0v) is 16.2. The van der Waals surface area contributed by atoms with E-state index >= 15 is 0 Å². The zero-order valence-electron chi connectivity index (χ0n) is 16.2. The smallest absolute Gasteiger partial charge is 0.0962 e. The van der Waals surface area contributed by atoms with E-state index in [0.717, 1.165) is 56.2 Å². The first-order valence-corrected chi connectivity index (χ1v) is 10.1. The van der Waals surface area contributed by atoms with Crippen molar-refractivity contribution in [2.24, 2.45) is 0 Å². The molecule has 0 radical (unpaired) electrons. The molecular weight excluding hydrogens is 348 g/mol. The summed E-state index contributed by atoms with van der Waals surface area (Å²) in [6.07, 6.45) is 0.953. The number of benzene rings is 2. The number of aromatic nitrogens is 2. The van der Waals surface area contributed by atoms with Crippen LogP contribution in [0, 0.1) is 0 Å². The lowest BCUT2D eigenvalue weighted by molar-refractivity contribution is 0.0227. The Labute approximate surface area is 165 Å². The minimum absolute atomic E-state index is 0.497. The molecule has 3 aromatic rings. The normalized spacial score (nSPS) is 17.2. The lowest BCUT2D eigenvalue weighted by atomic mass is 10.1. The van der Waals surface area contributed by atoms with Gasteiger partial charge in [-0.1, -0.05) is 36.4 Å². The third-order valence-corrected chi connectivity index (χ3v) is 5.95. The average molecular weight is 374 g/mol. The number of H-pyrrole nitrogens is 1. The lowest BCUT2D eigenvalue weighted by Gasteiger charge is -2.32. The van der Waals surface area contributed by atoms with E-state index in [4.69, 9.17) is 4.74 Å². The minimum Gasteiger partial charge on any atom is -0.383 e. The fourth-order valence-corrected chi connectivity index (χ4v) is 4.27. The van der Waals surface area contributed by atoms with Gasteiger partial charge in [-0.05, 0) is 24.6 Å². The number of fused-ring (bicyclic) bond motifs is 3. The lowest BCUT2D eigenvalue weighted by Crippen LogP contribution is -2.44. The van der Waals surface area contributed by atoms with Crippen LogP contribution in [0.4, 0.5) is 5.69 Å². The largest absolute Gasteiger partial charge is 0.383 e. The molecule has 1 aromatic heterocycles. The minimum atomic E-state index is 0.497. The molecule has 0 amide bonds. The van der Waals surface area contributed by atoms with Crippen LogP contribution in [0.5, 0.6) is 0 Å². The average Bonchev–Trinajstić information content (AvgIpc) is 3.32. The highest BCUT2D eigenvalue weighted by Gasteiger charge is 2.24. The van der Waals surface area contributed by atoms with Crippen molar-refractivity contribution in [3.05, 3.63) is 59.7 Å². The molecule has 144 valence electrons. The second-order valence-corrected chi connectivity index (χ2v) is 7.72. The molecule has 1 saturated heterocycles. The Morgan fingerprint density at radius 2 is 1.89 bits per heavy atom. The van der Waals surface area contributed by atoms with E-state index in [2.05, 4.69) is 75.9 Å². The molecule has 0 saturated carbocycles. The number of hydrogen-bond donors (Lipinski definition) is 2. The van der Waals surface area contributed by atoms with Crippen LogP contribution in [0.25, 0.3) is 22.5 Å². The van der Waals surface area contributed by atoms with E-state index in [9.17, 15) is 0 Å². The molecule has 1 aliphatic heterocycles. The van der Waals surface area contributed by atoms with Crippen molar-refractivity contribution in [3.63, 3.8) is 0 Å². The topological polar surface area (TPSA) is 53.2 Å². The number of nitrogens with one attached hydrogen (secondary N) is 2. The summed E-state index contributed by atoms with van der Waals surface area (Å²) < 4.78 is 5.44. The van der Waals surface area contributed by atoms with Gasteiger partial charge in [0.1, 0.15) is 0 Å². The van der Waals surface area contributed by atoms with E-state index in [1.807, 2.05) is 0 Å². The maximum atomic E-state index is 5.44. The molecule has 2 heterocycles. The molecule has 1 atom stereocenters. The number of aromatic amines is 1. The molecule has 2 aromatic carbocycles. The highest BCUT2D eigenvalue weighted by molar-refractivity contribution is 5.81. The number of morpholine rings is 1. The number of nitrogens with zero attached hydrogens (tertiary/aromatic N) is 2. The van der Waals surface area contributed by atoms with Crippen LogP contribution in [0.1, 0.15) is 18.1 Å². The highest BCUT2D eigenvalue weighted by Crippen LogP contribution is 2.39. The quantitative estimate of drug-likeness (QED) is 0.558. The summed E-state index contributed by atoms with van der Waals surface area (Å²) in [6, 6.07) is 17.7. The molecule has 1 aliphatic carbocycles. The maximum absolute atomic E-state index is 5.44. The van der Waals surface area contributed by atoms with Crippen molar-refractivity contribution >= 4 is 5.69 Å². The van der Waals surface area contributed by atoms with Crippen LogP contribution in [-0.4, -0.2) is 54.0 Å². The first-order chi connectivity index (χ1) is 13.8. The molecule has 5 heteroatoms. The Morgan fingerprint density at radius 3 is 2.71 bits per heavy atom. The molecule has 1 unspecified atom stereocenters. The Morgan fingerprint density at radius 1 is 1.11 bits per heavy atom. The van der Waals surface area contributed by atoms with Crippen LogP contribution >= 0.6 is 0 Å². The van der Waals surface area contributed by atoms with E-state index in [-0.39, 0.29) is 0 Å². The second-order valence-electron chi connectivity index (χ2n) is 7.72. The second kappa shape index (κ2) is 7.41. The first-order valence-electron chi connectivity index (χ1n) is 10.1. The number of hydrogen-bond acceptors (Lipinski definition) is 4. The summed E-state index contributed by atoms with van der Waals surface area (Å²) >= 11 is 0. The van der Waals surface area contributed by atoms with Gasteiger partial charge in [-0.2, -0.15) is 5.10 Å². The molecule has 0 spiro atoms. The van der Waals surface area contributed by atoms with E-state index < -0.39 is 0 Å². The van der Waals surface area contributed by atoms with Crippen molar-refractivity contribution in [3.8, 4) is 22.5 Å². The molecule has 1 fully saturated rings. The molecule has 2 aliphatic rings. The van der Waals surface area contributed by atoms with E-state index in [0.29, 0.717) is 6.04 Å². The summed E-state index contributed by atoms with van der Waals surface area (Å²) in [5.74, 6) is 0. The van der Waals surface area contributed by atoms with E-state index in [1.165, 1.54) is 22.4 Å². The van der Waals surface area contributed by atoms with Gasteiger partial charge >= 0.3 is 0 Å². The molecule has 2 N–H and O–H groups in total. The van der Waals surface area contributed by atoms with Crippen LogP contribution in [0.2, 0.25) is 0 Å². The Bertz CT molecular complexity index is 957. The van der Waals surface area contributed by atoms with Crippen molar-refractivity contribution in [2.45, 2.75) is 19.4 Å². The SMILES string of the molecule is CC(CNc1ccc(-c2n[nH]c3c2Cc2ccccc2-3)cc1)N1CCOCC1. The van der Waals surface area contributed by atoms with Crippen molar-refractivity contribution in [1.82, 2.24) is 15.1 Å². The van der Waals surface area contributed by atoms with Crippen LogP contribution in [0.3, 0.4) is 0 Å². The van der Waals surface area contributed by atoms with Gasteiger partial charge in [0.05, 0.1) is 24.6 Å². The molecule has 0 bridgehead atoms. The van der Waals surface area contributed by atoms with Crippen LogP contribution < -0.4 is 5.32 Å². The predicted octanol–water partition coefficient (Wildman–Crippen LogP) is 3.78. The van der Waals surface area contributed by atoms with Gasteiger partial charge in [-0.15, -0.1) is 0 Å². The van der Waals surface area contributed by atoms with Gasteiger partial charge < -0.3 is 10.1 Å². The van der Waals surface area contributed by atoms with Crippen LogP contribution in [-0.2, 0) is 11.2 Å². The van der Waals surface area contributed by atoms with Gasteiger partial charge in [0.2, 0.25) is 0 Å². The van der Waals surface area contributed by atoms with Gasteiger partial charge in [-0.25, -0.2) is 0 Å². The van der Waals surface area contributed by atoms with Gasteiger partial charge in [-0.3, -0.25) is 10.00 Å². The van der Waals surface area contributed by atoms with Crippen molar-refractivity contribution in [2.75, 3.05) is 38.2 Å². The summed E-state index contributed by atoms with van der Waals surface area (Å²) in [5, 5.41) is 11.4. The summed E-state index contributed by atoms with van der Waals surface area (Å²) in [5.41, 5.74) is 8.53. The molecular formula is C23H26N4O. The summed E-state index contributed by atoms with van der Waals surface area (Å²) in [4.78, 5) is 2.48. The Hall–Kier alpha value is -2.63. The number of ether oxygens (including phenoxy) is 1. The Balaban J connectivity index is 1.27. The maximum Gasteiger partial charge on any atom is 0.0962 e. The van der Waals surface area contributed by atoms with Crippen molar-refractivity contribution < 1.29 is 4.74 Å². The van der Waals surface area contributed by atoms with Gasteiger partial charge in [0.25, 0.3) is 0 Å². The molecule has 5 nitrogen and oxygen atoms in total. The third kappa shape index (κ3) is 3.21. The third-order valence-electron chi connectivity index (χ3n) is 5.95. The summed E-state index contributed by atoms with van der Waals surface area (Å²) in [6.45, 7) is 6.94. The summed E-state index contributed by atoms with van der Waals surface area (Å²) in [7, 11) is 0. The molecule has 28 heavy (non-hydrogen) atoms. The monoisotopic (exact) mass is 374 g/mol. The van der Waals surface area contributed by atoms with Gasteiger partial charge in [0, 0.05) is 54.5 Å². The van der Waals surface area contributed by atoms with Gasteiger partial charge in [0.15, 0.2) is 0 Å². The highest BCUT2D eigenvalue weighted by atomic mass is 16.5. The van der Waals surface area contributed by atoms with E-state index in [1.54, 1.807) is 0 Å². The fourth-order valence-electron chi connectivity index (χ4n) is 4.27. The predicted molar refractivity (Wildman–Crippen MR) is 113 cm³/mol.